The molecule has 0 spiro atoms. The minimum Gasteiger partial charge on any atom is -0.299 e. The van der Waals surface area contributed by atoms with Crippen molar-refractivity contribution < 1.29 is 31.1 Å². The summed E-state index contributed by atoms with van der Waals surface area (Å²) in [7, 11) is 0. The smallest absolute Gasteiger partial charge is 0.299 e. The molecular weight excluding hydrogens is 226 g/mol. The summed E-state index contributed by atoms with van der Waals surface area (Å²) in [6, 6.07) is 0. The van der Waals surface area contributed by atoms with Crippen molar-refractivity contribution >= 4 is 0 Å². The van der Waals surface area contributed by atoms with Gasteiger partial charge in [0.25, 0.3) is 11.7 Å². The SMILES string of the molecule is CC(F)(F)C(C)(F)OC(C)(F)C(C)(F)F. The van der Waals surface area contributed by atoms with E-state index in [1.54, 1.807) is 0 Å². The van der Waals surface area contributed by atoms with E-state index in [0.717, 1.165) is 0 Å². The van der Waals surface area contributed by atoms with Crippen LogP contribution in [-0.4, -0.2) is 23.6 Å². The van der Waals surface area contributed by atoms with Crippen molar-refractivity contribution in [3.05, 3.63) is 0 Å². The van der Waals surface area contributed by atoms with Crippen LogP contribution in [0.3, 0.4) is 0 Å². The fourth-order valence-electron chi connectivity index (χ4n) is 0.539. The third-order valence-corrected chi connectivity index (χ3v) is 1.95. The maximum atomic E-state index is 13.1. The van der Waals surface area contributed by atoms with Crippen LogP contribution in [0.4, 0.5) is 26.3 Å². The van der Waals surface area contributed by atoms with Crippen LogP contribution in [-0.2, 0) is 4.74 Å². The average Bonchev–Trinajstić information content (AvgIpc) is 1.77. The van der Waals surface area contributed by atoms with Crippen LogP contribution in [0.2, 0.25) is 0 Å². The van der Waals surface area contributed by atoms with Gasteiger partial charge in [0.15, 0.2) is 0 Å². The van der Waals surface area contributed by atoms with Gasteiger partial charge in [-0.1, -0.05) is 0 Å². The first kappa shape index (κ1) is 14.5. The molecule has 15 heavy (non-hydrogen) atoms. The fourth-order valence-corrected chi connectivity index (χ4v) is 0.539. The van der Waals surface area contributed by atoms with Crippen LogP contribution in [0.15, 0.2) is 0 Å². The number of rotatable bonds is 4. The molecule has 92 valence electrons. The molecule has 0 heterocycles. The van der Waals surface area contributed by atoms with E-state index in [1.807, 2.05) is 0 Å². The monoisotopic (exact) mass is 238 g/mol. The molecular formula is C8H12F6O. The summed E-state index contributed by atoms with van der Waals surface area (Å²) in [5.74, 6) is -15.8. The van der Waals surface area contributed by atoms with E-state index in [-0.39, 0.29) is 27.7 Å². The van der Waals surface area contributed by atoms with Crippen LogP contribution in [0, 0.1) is 0 Å². The highest BCUT2D eigenvalue weighted by atomic mass is 19.3. The number of halogens is 6. The number of ether oxygens (including phenoxy) is 1. The van der Waals surface area contributed by atoms with Gasteiger partial charge in [0.2, 0.25) is 0 Å². The molecule has 1 nitrogen and oxygen atoms in total. The van der Waals surface area contributed by atoms with Gasteiger partial charge >= 0.3 is 11.8 Å². The summed E-state index contributed by atoms with van der Waals surface area (Å²) in [5, 5.41) is 0. The summed E-state index contributed by atoms with van der Waals surface area (Å²) in [6.07, 6.45) is 0. The van der Waals surface area contributed by atoms with Crippen molar-refractivity contribution in [2.75, 3.05) is 0 Å². The Balaban J connectivity index is 4.89. The minimum atomic E-state index is -4.09. The highest BCUT2D eigenvalue weighted by Gasteiger charge is 2.58. The van der Waals surface area contributed by atoms with E-state index in [1.165, 1.54) is 0 Å². The van der Waals surface area contributed by atoms with E-state index >= 15 is 0 Å². The molecule has 2 unspecified atom stereocenters. The first-order valence-electron chi connectivity index (χ1n) is 4.04. The van der Waals surface area contributed by atoms with Crippen molar-refractivity contribution in [1.82, 2.24) is 0 Å². The molecule has 0 aromatic rings. The zero-order valence-corrected chi connectivity index (χ0v) is 8.68. The summed E-state index contributed by atoms with van der Waals surface area (Å²) in [5.41, 5.74) is 0. The van der Waals surface area contributed by atoms with E-state index in [0.29, 0.717) is 0 Å². The molecule has 0 fully saturated rings. The molecule has 0 aromatic heterocycles. The lowest BCUT2D eigenvalue weighted by molar-refractivity contribution is -0.372. The largest absolute Gasteiger partial charge is 0.302 e. The van der Waals surface area contributed by atoms with Gasteiger partial charge < -0.3 is 0 Å². The molecule has 7 heteroatoms. The summed E-state index contributed by atoms with van der Waals surface area (Å²) in [6.45, 7) is 0.598. The molecule has 0 rings (SSSR count). The second-order valence-electron chi connectivity index (χ2n) is 3.71. The molecule has 0 saturated carbocycles. The first-order chi connectivity index (χ1) is 6.21. The number of hydrogen-bond acceptors (Lipinski definition) is 1. The Hall–Kier alpha value is -0.460. The van der Waals surface area contributed by atoms with Gasteiger partial charge in [0.1, 0.15) is 0 Å². The van der Waals surface area contributed by atoms with Gasteiger partial charge in [-0.15, -0.1) is 0 Å². The zero-order valence-electron chi connectivity index (χ0n) is 8.68. The first-order valence-corrected chi connectivity index (χ1v) is 4.04. The van der Waals surface area contributed by atoms with Crippen LogP contribution in [0.5, 0.6) is 0 Å². The lowest BCUT2D eigenvalue weighted by Gasteiger charge is -2.35. The van der Waals surface area contributed by atoms with Gasteiger partial charge in [0, 0.05) is 27.7 Å². The summed E-state index contributed by atoms with van der Waals surface area (Å²) >= 11 is 0. The maximum Gasteiger partial charge on any atom is 0.302 e. The van der Waals surface area contributed by atoms with Gasteiger partial charge in [0.05, 0.1) is 0 Å². The third-order valence-electron chi connectivity index (χ3n) is 1.95. The van der Waals surface area contributed by atoms with E-state index < -0.39 is 23.6 Å². The molecule has 0 saturated heterocycles. The zero-order chi connectivity index (χ0) is 12.7. The lowest BCUT2D eigenvalue weighted by atomic mass is 10.1. The topological polar surface area (TPSA) is 9.23 Å². The van der Waals surface area contributed by atoms with Crippen molar-refractivity contribution in [2.24, 2.45) is 0 Å². The fraction of sp³-hybridized carbons (Fsp3) is 1.00. The molecule has 0 bridgehead atoms. The van der Waals surface area contributed by atoms with Crippen molar-refractivity contribution in [3.63, 3.8) is 0 Å². The van der Waals surface area contributed by atoms with Crippen LogP contribution in [0.25, 0.3) is 0 Å². The van der Waals surface area contributed by atoms with E-state index in [9.17, 15) is 26.3 Å². The number of hydrogen-bond donors (Lipinski definition) is 0. The molecule has 2 atom stereocenters. The Bertz CT molecular complexity index is 200. The molecule has 0 aliphatic rings. The standard InChI is InChI=1S/C8H12F6O/c1-5(9,10)7(3,13)15-8(4,14)6(2,11)12/h1-4H3. The Kier molecular flexibility index (Phi) is 3.43. The van der Waals surface area contributed by atoms with Gasteiger partial charge in [-0.2, -0.15) is 0 Å². The van der Waals surface area contributed by atoms with Crippen molar-refractivity contribution in [1.29, 1.82) is 0 Å². The van der Waals surface area contributed by atoms with Gasteiger partial charge in [-0.25, -0.2) is 26.3 Å². The van der Waals surface area contributed by atoms with Crippen LogP contribution >= 0.6 is 0 Å². The summed E-state index contributed by atoms with van der Waals surface area (Å²) in [4.78, 5) is 0. The van der Waals surface area contributed by atoms with Crippen LogP contribution < -0.4 is 0 Å². The molecule has 0 aliphatic carbocycles. The minimum absolute atomic E-state index is 0.108. The Morgan fingerprint density at radius 3 is 0.933 bits per heavy atom. The molecule has 0 amide bonds. The second-order valence-corrected chi connectivity index (χ2v) is 3.71. The number of alkyl halides is 6. The Morgan fingerprint density at radius 1 is 0.600 bits per heavy atom. The van der Waals surface area contributed by atoms with Crippen molar-refractivity contribution in [2.45, 2.75) is 51.2 Å². The molecule has 0 aromatic carbocycles. The van der Waals surface area contributed by atoms with Crippen LogP contribution in [0.1, 0.15) is 27.7 Å². The molecule has 0 aliphatic heterocycles. The lowest BCUT2D eigenvalue weighted by Crippen LogP contribution is -2.52. The predicted molar refractivity (Wildman–Crippen MR) is 41.4 cm³/mol. The van der Waals surface area contributed by atoms with Crippen molar-refractivity contribution in [3.8, 4) is 0 Å². The van der Waals surface area contributed by atoms with Gasteiger partial charge in [-0.3, -0.25) is 4.74 Å². The van der Waals surface area contributed by atoms with E-state index in [2.05, 4.69) is 4.74 Å². The molecule has 0 radical (unpaired) electrons. The van der Waals surface area contributed by atoms with Gasteiger partial charge in [-0.05, 0) is 0 Å². The summed E-state index contributed by atoms with van der Waals surface area (Å²) < 4.78 is 79.7. The highest BCUT2D eigenvalue weighted by Crippen LogP contribution is 2.42. The van der Waals surface area contributed by atoms with E-state index in [4.69, 9.17) is 0 Å². The normalized spacial score (nSPS) is 22.0. The quantitative estimate of drug-likeness (QED) is 0.679. The second kappa shape index (κ2) is 3.54. The third kappa shape index (κ3) is 3.25. The predicted octanol–water partition coefficient (Wildman–Crippen LogP) is 3.68. The Morgan fingerprint density at radius 2 is 0.800 bits per heavy atom. The Labute approximate surface area is 83.4 Å². The average molecular weight is 238 g/mol. The highest BCUT2D eigenvalue weighted by molar-refractivity contribution is 4.84. The maximum absolute atomic E-state index is 13.1. The molecule has 0 N–H and O–H groups in total.